The number of anilines is 1. The number of carboxylic acids is 1. The van der Waals surface area contributed by atoms with Crippen LogP contribution in [0.3, 0.4) is 0 Å². The summed E-state index contributed by atoms with van der Waals surface area (Å²) in [5.74, 6) is 0.109. The highest BCUT2D eigenvalue weighted by atomic mass is 16.5. The lowest BCUT2D eigenvalue weighted by atomic mass is 10.2. The van der Waals surface area contributed by atoms with E-state index in [2.05, 4.69) is 10.6 Å². The largest absolute Gasteiger partial charge is 0.497 e. The van der Waals surface area contributed by atoms with Crippen molar-refractivity contribution in [3.05, 3.63) is 18.2 Å². The average Bonchev–Trinajstić information content (AvgIpc) is 2.36. The Morgan fingerprint density at radius 1 is 1.20 bits per heavy atom. The van der Waals surface area contributed by atoms with E-state index < -0.39 is 18.0 Å². The molecule has 0 aliphatic rings. The highest BCUT2D eigenvalue weighted by Crippen LogP contribution is 2.25. The standard InChI is InChI=1S/C13H18N2O5/c1-8(4-12(16)17)14-13(18)15-9-5-10(19-2)7-11(6-9)20-3/h5-8H,4H2,1-3H3,(H,16,17)(H2,14,15,18). The van der Waals surface area contributed by atoms with Gasteiger partial charge in [-0.3, -0.25) is 4.79 Å². The molecule has 3 N–H and O–H groups in total. The number of aliphatic carboxylic acids is 1. The van der Waals surface area contributed by atoms with Gasteiger partial charge in [-0.1, -0.05) is 0 Å². The van der Waals surface area contributed by atoms with Crippen LogP contribution in [0.15, 0.2) is 18.2 Å². The van der Waals surface area contributed by atoms with E-state index in [-0.39, 0.29) is 6.42 Å². The fourth-order valence-electron chi connectivity index (χ4n) is 1.58. The van der Waals surface area contributed by atoms with E-state index in [1.165, 1.54) is 14.2 Å². The summed E-state index contributed by atoms with van der Waals surface area (Å²) >= 11 is 0. The third-order valence-electron chi connectivity index (χ3n) is 2.47. The Hall–Kier alpha value is -2.44. The smallest absolute Gasteiger partial charge is 0.319 e. The molecule has 1 rings (SSSR count). The minimum absolute atomic E-state index is 0.144. The number of hydrogen-bond donors (Lipinski definition) is 3. The summed E-state index contributed by atoms with van der Waals surface area (Å²) in [7, 11) is 3.01. The van der Waals surface area contributed by atoms with Crippen LogP contribution in [0.5, 0.6) is 11.5 Å². The van der Waals surface area contributed by atoms with Gasteiger partial charge in [0.25, 0.3) is 0 Å². The van der Waals surface area contributed by atoms with Crippen LogP contribution in [0.4, 0.5) is 10.5 Å². The van der Waals surface area contributed by atoms with Gasteiger partial charge in [-0.05, 0) is 6.92 Å². The minimum Gasteiger partial charge on any atom is -0.497 e. The number of amides is 2. The van der Waals surface area contributed by atoms with Crippen molar-refractivity contribution in [3.8, 4) is 11.5 Å². The first-order chi connectivity index (χ1) is 9.44. The predicted octanol–water partition coefficient (Wildman–Crippen LogP) is 1.69. The Kier molecular flexibility index (Phi) is 5.64. The van der Waals surface area contributed by atoms with Gasteiger partial charge in [0.15, 0.2) is 0 Å². The van der Waals surface area contributed by atoms with Crippen molar-refractivity contribution in [2.24, 2.45) is 0 Å². The molecule has 0 fully saturated rings. The van der Waals surface area contributed by atoms with E-state index in [0.717, 1.165) is 0 Å². The van der Waals surface area contributed by atoms with Gasteiger partial charge in [-0.2, -0.15) is 0 Å². The van der Waals surface area contributed by atoms with Gasteiger partial charge >= 0.3 is 12.0 Å². The van der Waals surface area contributed by atoms with Crippen LogP contribution in [0.2, 0.25) is 0 Å². The Bertz CT molecular complexity index is 467. The third kappa shape index (κ3) is 5.05. The monoisotopic (exact) mass is 282 g/mol. The summed E-state index contributed by atoms with van der Waals surface area (Å²) < 4.78 is 10.2. The number of nitrogens with one attached hydrogen (secondary N) is 2. The molecule has 110 valence electrons. The van der Waals surface area contributed by atoms with Crippen molar-refractivity contribution in [2.45, 2.75) is 19.4 Å². The molecule has 0 aliphatic heterocycles. The molecular weight excluding hydrogens is 264 g/mol. The highest BCUT2D eigenvalue weighted by molar-refractivity contribution is 5.90. The summed E-state index contributed by atoms with van der Waals surface area (Å²) in [4.78, 5) is 22.2. The maximum atomic E-state index is 11.7. The normalized spacial score (nSPS) is 11.3. The minimum atomic E-state index is -0.971. The predicted molar refractivity (Wildman–Crippen MR) is 73.4 cm³/mol. The molecule has 7 nitrogen and oxygen atoms in total. The zero-order valence-corrected chi connectivity index (χ0v) is 11.6. The maximum absolute atomic E-state index is 11.7. The number of rotatable bonds is 6. The summed E-state index contributed by atoms with van der Waals surface area (Å²) in [6, 6.07) is 3.97. The van der Waals surface area contributed by atoms with Crippen LogP contribution in [-0.4, -0.2) is 37.4 Å². The molecule has 0 saturated heterocycles. The van der Waals surface area contributed by atoms with Gasteiger partial charge in [-0.25, -0.2) is 4.79 Å². The Balaban J connectivity index is 2.67. The number of carbonyl (C=O) groups excluding carboxylic acids is 1. The molecule has 0 spiro atoms. The van der Waals surface area contributed by atoms with Crippen molar-refractivity contribution in [2.75, 3.05) is 19.5 Å². The first kappa shape index (κ1) is 15.6. The van der Waals surface area contributed by atoms with E-state index in [4.69, 9.17) is 14.6 Å². The van der Waals surface area contributed by atoms with Crippen molar-refractivity contribution in [3.63, 3.8) is 0 Å². The molecule has 0 saturated carbocycles. The number of urea groups is 1. The second-order valence-electron chi connectivity index (χ2n) is 4.20. The molecule has 1 aromatic carbocycles. The average molecular weight is 282 g/mol. The SMILES string of the molecule is COc1cc(NC(=O)NC(C)CC(=O)O)cc(OC)c1. The molecule has 0 aliphatic carbocycles. The molecule has 0 heterocycles. The number of carboxylic acid groups (broad SMARTS) is 1. The molecule has 20 heavy (non-hydrogen) atoms. The molecule has 2 amide bonds. The number of hydrogen-bond acceptors (Lipinski definition) is 4. The fourth-order valence-corrected chi connectivity index (χ4v) is 1.58. The van der Waals surface area contributed by atoms with E-state index in [1.807, 2.05) is 0 Å². The van der Waals surface area contributed by atoms with Crippen LogP contribution in [-0.2, 0) is 4.79 Å². The summed E-state index contributed by atoms with van der Waals surface area (Å²) in [6.45, 7) is 1.61. The molecule has 1 unspecified atom stereocenters. The lowest BCUT2D eigenvalue weighted by Gasteiger charge is -2.14. The van der Waals surface area contributed by atoms with Crippen LogP contribution in [0.1, 0.15) is 13.3 Å². The van der Waals surface area contributed by atoms with Crippen molar-refractivity contribution in [1.29, 1.82) is 0 Å². The quantitative estimate of drug-likeness (QED) is 0.737. The molecule has 1 aromatic rings. The van der Waals surface area contributed by atoms with Gasteiger partial charge < -0.3 is 25.2 Å². The molecule has 0 aromatic heterocycles. The molecule has 1 atom stereocenters. The van der Waals surface area contributed by atoms with Gasteiger partial charge in [0, 0.05) is 29.9 Å². The Morgan fingerprint density at radius 2 is 1.75 bits per heavy atom. The second kappa shape index (κ2) is 7.22. The van der Waals surface area contributed by atoms with E-state index in [9.17, 15) is 9.59 Å². The number of benzene rings is 1. The highest BCUT2D eigenvalue weighted by Gasteiger charge is 2.11. The van der Waals surface area contributed by atoms with Crippen molar-refractivity contribution in [1.82, 2.24) is 5.32 Å². The van der Waals surface area contributed by atoms with Crippen molar-refractivity contribution >= 4 is 17.7 Å². The van der Waals surface area contributed by atoms with Gasteiger partial charge in [0.2, 0.25) is 0 Å². The van der Waals surface area contributed by atoms with Crippen molar-refractivity contribution < 1.29 is 24.2 Å². The van der Waals surface area contributed by atoms with Gasteiger partial charge in [0.1, 0.15) is 11.5 Å². The number of carbonyl (C=O) groups is 2. The number of ether oxygens (including phenoxy) is 2. The maximum Gasteiger partial charge on any atom is 0.319 e. The summed E-state index contributed by atoms with van der Waals surface area (Å²) in [6.07, 6.45) is -0.144. The first-order valence-electron chi connectivity index (χ1n) is 5.97. The van der Waals surface area contributed by atoms with E-state index >= 15 is 0 Å². The molecule has 7 heteroatoms. The van der Waals surface area contributed by atoms with Gasteiger partial charge in [0.05, 0.1) is 20.6 Å². The molecular formula is C13H18N2O5. The Labute approximate surface area is 116 Å². The first-order valence-corrected chi connectivity index (χ1v) is 5.97. The van der Waals surface area contributed by atoms with Gasteiger partial charge in [-0.15, -0.1) is 0 Å². The summed E-state index contributed by atoms with van der Waals surface area (Å²) in [5.41, 5.74) is 0.487. The second-order valence-corrected chi connectivity index (χ2v) is 4.20. The van der Waals surface area contributed by atoms with Crippen LogP contribution >= 0.6 is 0 Å². The Morgan fingerprint density at radius 3 is 2.20 bits per heavy atom. The third-order valence-corrected chi connectivity index (χ3v) is 2.47. The summed E-state index contributed by atoms with van der Waals surface area (Å²) in [5, 5.41) is 13.7. The van der Waals surface area contributed by atoms with E-state index in [0.29, 0.717) is 17.2 Å². The zero-order valence-electron chi connectivity index (χ0n) is 11.6. The topological polar surface area (TPSA) is 96.9 Å². The number of methoxy groups -OCH3 is 2. The zero-order chi connectivity index (χ0) is 15.1. The van der Waals surface area contributed by atoms with E-state index in [1.54, 1.807) is 25.1 Å². The van der Waals surface area contributed by atoms with Crippen LogP contribution < -0.4 is 20.1 Å². The molecule has 0 bridgehead atoms. The lowest BCUT2D eigenvalue weighted by Crippen LogP contribution is -2.37. The lowest BCUT2D eigenvalue weighted by molar-refractivity contribution is -0.137. The van der Waals surface area contributed by atoms with Crippen LogP contribution in [0, 0.1) is 0 Å². The molecule has 0 radical (unpaired) electrons. The fraction of sp³-hybridized carbons (Fsp3) is 0.385. The van der Waals surface area contributed by atoms with Crippen LogP contribution in [0.25, 0.3) is 0 Å².